The van der Waals surface area contributed by atoms with Crippen molar-refractivity contribution in [1.29, 1.82) is 0 Å². The van der Waals surface area contributed by atoms with Crippen LogP contribution in [0.15, 0.2) is 27.2 Å². The Labute approximate surface area is 144 Å². The van der Waals surface area contributed by atoms with Gasteiger partial charge in [-0.3, -0.25) is 4.79 Å². The molecule has 0 bridgehead atoms. The molecule has 9 nitrogen and oxygen atoms in total. The standard InChI is InChI=1S/C16H21N3O6/c1-16(2,3)25-15(21)17-8-4-7-13(20)23-10-12-18-19-14(24-12)11-6-5-9-22-11/h5-6,9H,4,7-8,10H2,1-3H3,(H,17,21). The van der Waals surface area contributed by atoms with Gasteiger partial charge in [0.05, 0.1) is 6.26 Å². The highest BCUT2D eigenvalue weighted by molar-refractivity contribution is 5.70. The van der Waals surface area contributed by atoms with Gasteiger partial charge in [0.25, 0.3) is 11.8 Å². The van der Waals surface area contributed by atoms with E-state index in [1.54, 1.807) is 32.9 Å². The molecule has 0 saturated carbocycles. The molecule has 0 spiro atoms. The van der Waals surface area contributed by atoms with E-state index in [9.17, 15) is 9.59 Å². The fourth-order valence-electron chi connectivity index (χ4n) is 1.76. The van der Waals surface area contributed by atoms with Crippen molar-refractivity contribution < 1.29 is 27.9 Å². The Balaban J connectivity index is 1.62. The number of hydrogen-bond donors (Lipinski definition) is 1. The fourth-order valence-corrected chi connectivity index (χ4v) is 1.76. The molecule has 0 saturated heterocycles. The zero-order valence-electron chi connectivity index (χ0n) is 14.4. The summed E-state index contributed by atoms with van der Waals surface area (Å²) >= 11 is 0. The van der Waals surface area contributed by atoms with Crippen LogP contribution in [-0.2, 0) is 20.9 Å². The van der Waals surface area contributed by atoms with Crippen LogP contribution in [-0.4, -0.2) is 34.4 Å². The molecule has 2 rings (SSSR count). The second-order valence-corrected chi connectivity index (χ2v) is 6.17. The second kappa shape index (κ2) is 8.32. The van der Waals surface area contributed by atoms with E-state index < -0.39 is 17.7 Å². The van der Waals surface area contributed by atoms with Crippen molar-refractivity contribution in [2.24, 2.45) is 0 Å². The highest BCUT2D eigenvalue weighted by atomic mass is 16.6. The molecule has 2 heterocycles. The summed E-state index contributed by atoms with van der Waals surface area (Å²) in [5.41, 5.74) is -0.554. The van der Waals surface area contributed by atoms with Crippen molar-refractivity contribution in [3.05, 3.63) is 24.3 Å². The predicted octanol–water partition coefficient (Wildman–Crippen LogP) is 2.68. The molecule has 0 aliphatic heterocycles. The Bertz CT molecular complexity index is 687. The second-order valence-electron chi connectivity index (χ2n) is 6.17. The quantitative estimate of drug-likeness (QED) is 0.598. The first kappa shape index (κ1) is 18.5. The molecule has 0 fully saturated rings. The number of alkyl carbamates (subject to hydrolysis) is 1. The minimum absolute atomic E-state index is 0.119. The third-order valence-corrected chi connectivity index (χ3v) is 2.78. The van der Waals surface area contributed by atoms with Crippen LogP contribution < -0.4 is 5.32 Å². The van der Waals surface area contributed by atoms with Gasteiger partial charge in [-0.25, -0.2) is 4.79 Å². The molecule has 136 valence electrons. The van der Waals surface area contributed by atoms with Crippen LogP contribution >= 0.6 is 0 Å². The van der Waals surface area contributed by atoms with Crippen molar-refractivity contribution in [3.63, 3.8) is 0 Å². The minimum atomic E-state index is -0.554. The Kier molecular flexibility index (Phi) is 6.15. The molecule has 0 radical (unpaired) electrons. The SMILES string of the molecule is CC(C)(C)OC(=O)NCCCC(=O)OCc1nnc(-c2ccco2)o1. The molecule has 25 heavy (non-hydrogen) atoms. The molecular formula is C16H21N3O6. The summed E-state index contributed by atoms with van der Waals surface area (Å²) in [4.78, 5) is 23.1. The van der Waals surface area contributed by atoms with Gasteiger partial charge in [-0.1, -0.05) is 0 Å². The maximum Gasteiger partial charge on any atom is 0.407 e. The molecule has 0 unspecified atom stereocenters. The average Bonchev–Trinajstić information content (AvgIpc) is 3.18. The molecule has 1 amide bonds. The Morgan fingerprint density at radius 1 is 1.28 bits per heavy atom. The third-order valence-electron chi connectivity index (χ3n) is 2.78. The molecule has 2 aromatic rings. The number of furan rings is 1. The van der Waals surface area contributed by atoms with Crippen LogP contribution in [0.2, 0.25) is 0 Å². The van der Waals surface area contributed by atoms with Crippen LogP contribution in [0.4, 0.5) is 4.79 Å². The van der Waals surface area contributed by atoms with E-state index in [2.05, 4.69) is 15.5 Å². The summed E-state index contributed by atoms with van der Waals surface area (Å²) in [6, 6.07) is 3.38. The monoisotopic (exact) mass is 351 g/mol. The van der Waals surface area contributed by atoms with Gasteiger partial charge in [-0.2, -0.15) is 0 Å². The molecule has 0 atom stereocenters. The van der Waals surface area contributed by atoms with Crippen LogP contribution in [0.3, 0.4) is 0 Å². The van der Waals surface area contributed by atoms with Gasteiger partial charge in [0.1, 0.15) is 5.60 Å². The van der Waals surface area contributed by atoms with E-state index in [4.69, 9.17) is 18.3 Å². The number of aromatic nitrogens is 2. The lowest BCUT2D eigenvalue weighted by Crippen LogP contribution is -2.33. The highest BCUT2D eigenvalue weighted by Gasteiger charge is 2.16. The molecule has 0 aliphatic rings. The lowest BCUT2D eigenvalue weighted by atomic mass is 10.2. The van der Waals surface area contributed by atoms with Gasteiger partial charge in [-0.05, 0) is 39.3 Å². The van der Waals surface area contributed by atoms with Crippen molar-refractivity contribution in [2.45, 2.75) is 45.8 Å². The average molecular weight is 351 g/mol. The third kappa shape index (κ3) is 6.66. The number of carbonyl (C=O) groups is 2. The first-order valence-corrected chi connectivity index (χ1v) is 7.82. The zero-order chi connectivity index (χ0) is 18.3. The smallest absolute Gasteiger partial charge is 0.407 e. The summed E-state index contributed by atoms with van der Waals surface area (Å²) in [5.74, 6) is 0.409. The minimum Gasteiger partial charge on any atom is -0.459 e. The number of nitrogens with zero attached hydrogens (tertiary/aromatic N) is 2. The van der Waals surface area contributed by atoms with Gasteiger partial charge >= 0.3 is 12.1 Å². The van der Waals surface area contributed by atoms with Crippen molar-refractivity contribution >= 4 is 12.1 Å². The Morgan fingerprint density at radius 2 is 2.08 bits per heavy atom. The van der Waals surface area contributed by atoms with Gasteiger partial charge in [0.15, 0.2) is 12.4 Å². The largest absolute Gasteiger partial charge is 0.459 e. The number of carbonyl (C=O) groups excluding carboxylic acids is 2. The summed E-state index contributed by atoms with van der Waals surface area (Å²) in [6.45, 7) is 5.52. The lowest BCUT2D eigenvalue weighted by molar-refractivity contribution is -0.145. The number of amides is 1. The summed E-state index contributed by atoms with van der Waals surface area (Å²) in [5, 5.41) is 10.1. The first-order chi connectivity index (χ1) is 11.8. The summed E-state index contributed by atoms with van der Waals surface area (Å²) in [7, 11) is 0. The molecule has 9 heteroatoms. The fraction of sp³-hybridized carbons (Fsp3) is 0.500. The van der Waals surface area contributed by atoms with Crippen LogP contribution in [0.25, 0.3) is 11.7 Å². The Morgan fingerprint density at radius 3 is 2.76 bits per heavy atom. The number of hydrogen-bond acceptors (Lipinski definition) is 8. The van der Waals surface area contributed by atoms with Gasteiger partial charge < -0.3 is 23.6 Å². The first-order valence-electron chi connectivity index (χ1n) is 7.82. The number of esters is 1. The lowest BCUT2D eigenvalue weighted by Gasteiger charge is -2.19. The van der Waals surface area contributed by atoms with E-state index in [1.807, 2.05) is 0 Å². The number of nitrogens with one attached hydrogen (secondary N) is 1. The molecule has 2 aromatic heterocycles. The topological polar surface area (TPSA) is 117 Å². The maximum atomic E-state index is 11.7. The maximum absolute atomic E-state index is 11.7. The molecule has 0 aromatic carbocycles. The van der Waals surface area contributed by atoms with Gasteiger partial charge in [-0.15, -0.1) is 10.2 Å². The summed E-state index contributed by atoms with van der Waals surface area (Å²) < 4.78 is 20.6. The van der Waals surface area contributed by atoms with E-state index in [1.165, 1.54) is 6.26 Å². The molecular weight excluding hydrogens is 330 g/mol. The van der Waals surface area contributed by atoms with E-state index in [0.717, 1.165) is 0 Å². The van der Waals surface area contributed by atoms with E-state index >= 15 is 0 Å². The number of ether oxygens (including phenoxy) is 2. The molecule has 1 N–H and O–H groups in total. The summed E-state index contributed by atoms with van der Waals surface area (Å²) in [6.07, 6.45) is 1.55. The van der Waals surface area contributed by atoms with Crippen LogP contribution in [0.1, 0.15) is 39.5 Å². The van der Waals surface area contributed by atoms with E-state index in [-0.39, 0.29) is 24.8 Å². The van der Waals surface area contributed by atoms with Crippen molar-refractivity contribution in [3.8, 4) is 11.7 Å². The Hall–Kier alpha value is -2.84. The van der Waals surface area contributed by atoms with E-state index in [0.29, 0.717) is 18.7 Å². The zero-order valence-corrected chi connectivity index (χ0v) is 14.4. The predicted molar refractivity (Wildman–Crippen MR) is 85.3 cm³/mol. The highest BCUT2D eigenvalue weighted by Crippen LogP contribution is 2.18. The van der Waals surface area contributed by atoms with Crippen LogP contribution in [0, 0.1) is 0 Å². The van der Waals surface area contributed by atoms with Crippen molar-refractivity contribution in [2.75, 3.05) is 6.54 Å². The van der Waals surface area contributed by atoms with Gasteiger partial charge in [0.2, 0.25) is 0 Å². The normalized spacial score (nSPS) is 11.2. The number of rotatable bonds is 7. The van der Waals surface area contributed by atoms with Crippen molar-refractivity contribution in [1.82, 2.24) is 15.5 Å². The van der Waals surface area contributed by atoms with Crippen LogP contribution in [0.5, 0.6) is 0 Å². The molecule has 0 aliphatic carbocycles. The van der Waals surface area contributed by atoms with Gasteiger partial charge in [0, 0.05) is 13.0 Å².